The van der Waals surface area contributed by atoms with Crippen molar-refractivity contribution in [2.75, 3.05) is 0 Å². The normalized spacial score (nSPS) is 11.9. The SMILES string of the molecule is Oc1ccc(/C=N\N=c2\scc(-c3ccccc3)n2CCc2ccccc2)cc1. The highest BCUT2D eigenvalue weighted by atomic mass is 32.1. The van der Waals surface area contributed by atoms with Crippen molar-refractivity contribution in [1.29, 1.82) is 0 Å². The minimum atomic E-state index is 0.239. The molecule has 1 aromatic heterocycles. The van der Waals surface area contributed by atoms with Gasteiger partial charge in [-0.1, -0.05) is 60.7 Å². The number of rotatable bonds is 6. The van der Waals surface area contributed by atoms with Gasteiger partial charge in [0.2, 0.25) is 4.80 Å². The smallest absolute Gasteiger partial charge is 0.211 e. The Hall–Kier alpha value is -3.44. The molecule has 1 heterocycles. The largest absolute Gasteiger partial charge is 0.508 e. The fraction of sp³-hybridized carbons (Fsp3) is 0.0833. The second-order valence-corrected chi connectivity index (χ2v) is 7.43. The fourth-order valence-electron chi connectivity index (χ4n) is 3.06. The third-order valence-electron chi connectivity index (χ3n) is 4.58. The Balaban J connectivity index is 1.65. The van der Waals surface area contributed by atoms with Gasteiger partial charge in [-0.15, -0.1) is 16.4 Å². The molecule has 0 amide bonds. The first-order chi connectivity index (χ1) is 14.3. The van der Waals surface area contributed by atoms with Crippen LogP contribution in [-0.4, -0.2) is 15.9 Å². The minimum Gasteiger partial charge on any atom is -0.508 e. The molecular weight excluding hydrogens is 378 g/mol. The third-order valence-corrected chi connectivity index (χ3v) is 5.43. The van der Waals surface area contributed by atoms with Crippen LogP contribution in [0.25, 0.3) is 11.3 Å². The van der Waals surface area contributed by atoms with E-state index in [1.165, 1.54) is 11.1 Å². The number of hydrogen-bond acceptors (Lipinski definition) is 4. The zero-order valence-electron chi connectivity index (χ0n) is 15.8. The monoisotopic (exact) mass is 399 g/mol. The molecule has 1 N–H and O–H groups in total. The number of aromatic hydroxyl groups is 1. The number of hydrogen-bond donors (Lipinski definition) is 1. The Morgan fingerprint density at radius 3 is 2.28 bits per heavy atom. The molecule has 0 bridgehead atoms. The maximum Gasteiger partial charge on any atom is 0.211 e. The Bertz CT molecular complexity index is 1140. The van der Waals surface area contributed by atoms with E-state index < -0.39 is 0 Å². The lowest BCUT2D eigenvalue weighted by molar-refractivity contribution is 0.475. The van der Waals surface area contributed by atoms with E-state index in [1.807, 2.05) is 36.4 Å². The molecule has 5 heteroatoms. The molecule has 0 aliphatic heterocycles. The summed E-state index contributed by atoms with van der Waals surface area (Å²) in [7, 11) is 0. The second-order valence-electron chi connectivity index (χ2n) is 6.59. The molecule has 3 aromatic carbocycles. The molecule has 144 valence electrons. The fourth-order valence-corrected chi connectivity index (χ4v) is 3.95. The van der Waals surface area contributed by atoms with Gasteiger partial charge in [0, 0.05) is 11.9 Å². The van der Waals surface area contributed by atoms with E-state index >= 15 is 0 Å². The van der Waals surface area contributed by atoms with Crippen molar-refractivity contribution in [1.82, 2.24) is 4.57 Å². The Kier molecular flexibility index (Phi) is 5.98. The van der Waals surface area contributed by atoms with Gasteiger partial charge in [-0.3, -0.25) is 0 Å². The van der Waals surface area contributed by atoms with Crippen molar-refractivity contribution >= 4 is 17.6 Å². The quantitative estimate of drug-likeness (QED) is 0.356. The maximum atomic E-state index is 9.39. The minimum absolute atomic E-state index is 0.239. The standard InChI is InChI=1S/C24H21N3OS/c28-22-13-11-20(12-14-22)17-25-26-24-27(16-15-19-7-3-1-4-8-19)23(18-29-24)21-9-5-2-6-10-21/h1-14,17-18,28H,15-16H2/b25-17-,26-24+. The van der Waals surface area contributed by atoms with Crippen LogP contribution in [-0.2, 0) is 13.0 Å². The van der Waals surface area contributed by atoms with Crippen LogP contribution in [0.2, 0.25) is 0 Å². The van der Waals surface area contributed by atoms with E-state index in [9.17, 15) is 5.11 Å². The van der Waals surface area contributed by atoms with Gasteiger partial charge < -0.3 is 9.67 Å². The van der Waals surface area contributed by atoms with Crippen LogP contribution in [0.15, 0.2) is 101 Å². The van der Waals surface area contributed by atoms with Crippen LogP contribution >= 0.6 is 11.3 Å². The van der Waals surface area contributed by atoms with Gasteiger partial charge in [0.15, 0.2) is 0 Å². The van der Waals surface area contributed by atoms with Crippen LogP contribution in [0.4, 0.5) is 0 Å². The molecule has 0 saturated heterocycles. The zero-order chi connectivity index (χ0) is 19.9. The molecule has 4 aromatic rings. The molecular formula is C24H21N3OS. The van der Waals surface area contributed by atoms with Crippen LogP contribution in [0.1, 0.15) is 11.1 Å². The Morgan fingerprint density at radius 1 is 0.862 bits per heavy atom. The van der Waals surface area contributed by atoms with Gasteiger partial charge in [0.1, 0.15) is 5.75 Å². The van der Waals surface area contributed by atoms with E-state index in [0.717, 1.165) is 29.0 Å². The summed E-state index contributed by atoms with van der Waals surface area (Å²) < 4.78 is 2.22. The summed E-state index contributed by atoms with van der Waals surface area (Å²) in [5.74, 6) is 0.239. The van der Waals surface area contributed by atoms with Crippen LogP contribution in [0.3, 0.4) is 0 Å². The Morgan fingerprint density at radius 2 is 1.55 bits per heavy atom. The van der Waals surface area contributed by atoms with Crippen LogP contribution < -0.4 is 4.80 Å². The highest BCUT2D eigenvalue weighted by Gasteiger charge is 2.08. The summed E-state index contributed by atoms with van der Waals surface area (Å²) in [6.07, 6.45) is 2.62. The number of phenolic OH excluding ortho intramolecular Hbond substituents is 1. The van der Waals surface area contributed by atoms with Gasteiger partial charge in [0.05, 0.1) is 11.9 Å². The molecule has 0 spiro atoms. The topological polar surface area (TPSA) is 49.9 Å². The summed E-state index contributed by atoms with van der Waals surface area (Å²) in [5, 5.41) is 20.3. The molecule has 0 radical (unpaired) electrons. The van der Waals surface area contributed by atoms with Crippen molar-refractivity contribution < 1.29 is 5.11 Å². The second kappa shape index (κ2) is 9.17. The van der Waals surface area contributed by atoms with Gasteiger partial charge in [-0.2, -0.15) is 5.10 Å². The first kappa shape index (κ1) is 18.9. The van der Waals surface area contributed by atoms with Gasteiger partial charge in [-0.05, 0) is 47.4 Å². The molecule has 0 atom stereocenters. The third kappa shape index (κ3) is 4.89. The van der Waals surface area contributed by atoms with Gasteiger partial charge >= 0.3 is 0 Å². The number of aromatic nitrogens is 1. The van der Waals surface area contributed by atoms with Gasteiger partial charge in [0.25, 0.3) is 0 Å². The number of phenols is 1. The first-order valence-corrected chi connectivity index (χ1v) is 10.3. The predicted molar refractivity (Wildman–Crippen MR) is 119 cm³/mol. The molecule has 4 rings (SSSR count). The lowest BCUT2D eigenvalue weighted by Crippen LogP contribution is -2.17. The lowest BCUT2D eigenvalue weighted by Gasteiger charge is -2.09. The molecule has 29 heavy (non-hydrogen) atoms. The lowest BCUT2D eigenvalue weighted by atomic mass is 10.1. The number of aryl methyl sites for hydroxylation is 1. The van der Waals surface area contributed by atoms with E-state index in [4.69, 9.17) is 0 Å². The molecule has 0 fully saturated rings. The molecule has 0 aliphatic carbocycles. The van der Waals surface area contributed by atoms with Crippen molar-refractivity contribution in [2.45, 2.75) is 13.0 Å². The average molecular weight is 400 g/mol. The number of thiazole rings is 1. The van der Waals surface area contributed by atoms with Crippen LogP contribution in [0, 0.1) is 0 Å². The summed E-state index contributed by atoms with van der Waals surface area (Å²) in [6, 6.07) is 27.7. The maximum absolute atomic E-state index is 9.39. The predicted octanol–water partition coefficient (Wildman–Crippen LogP) is 5.10. The average Bonchev–Trinajstić information content (AvgIpc) is 3.18. The number of nitrogens with zero attached hydrogens (tertiary/aromatic N) is 3. The molecule has 0 unspecified atom stereocenters. The van der Waals surface area contributed by atoms with E-state index in [2.05, 4.69) is 56.5 Å². The summed E-state index contributed by atoms with van der Waals surface area (Å²) in [5.41, 5.74) is 4.50. The van der Waals surface area contributed by atoms with Gasteiger partial charge in [-0.25, -0.2) is 0 Å². The molecule has 4 nitrogen and oxygen atoms in total. The zero-order valence-corrected chi connectivity index (χ0v) is 16.7. The summed E-state index contributed by atoms with van der Waals surface area (Å²) in [6.45, 7) is 0.825. The molecule has 0 saturated carbocycles. The first-order valence-electron chi connectivity index (χ1n) is 9.43. The van der Waals surface area contributed by atoms with Crippen molar-refractivity contribution in [2.24, 2.45) is 10.2 Å². The number of benzene rings is 3. The van der Waals surface area contributed by atoms with E-state index in [-0.39, 0.29) is 5.75 Å². The summed E-state index contributed by atoms with van der Waals surface area (Å²) in [4.78, 5) is 0.856. The Labute approximate surface area is 173 Å². The van der Waals surface area contributed by atoms with E-state index in [0.29, 0.717) is 0 Å². The van der Waals surface area contributed by atoms with Crippen molar-refractivity contribution in [3.8, 4) is 17.0 Å². The van der Waals surface area contributed by atoms with Crippen molar-refractivity contribution in [3.63, 3.8) is 0 Å². The highest BCUT2D eigenvalue weighted by molar-refractivity contribution is 7.07. The van der Waals surface area contributed by atoms with E-state index in [1.54, 1.807) is 29.7 Å². The van der Waals surface area contributed by atoms with Crippen molar-refractivity contribution in [3.05, 3.63) is 106 Å². The highest BCUT2D eigenvalue weighted by Crippen LogP contribution is 2.20. The van der Waals surface area contributed by atoms with Crippen LogP contribution in [0.5, 0.6) is 5.75 Å². The summed E-state index contributed by atoms with van der Waals surface area (Å²) >= 11 is 1.59. The molecule has 0 aliphatic rings.